The molecule has 1 saturated heterocycles. The van der Waals surface area contributed by atoms with Crippen molar-refractivity contribution in [1.29, 1.82) is 0 Å². The van der Waals surface area contributed by atoms with Gasteiger partial charge in [0.15, 0.2) is 5.96 Å². The maximum atomic E-state index is 12.4. The van der Waals surface area contributed by atoms with Crippen LogP contribution in [-0.2, 0) is 27.7 Å². The van der Waals surface area contributed by atoms with Crippen molar-refractivity contribution in [3.8, 4) is 0 Å². The van der Waals surface area contributed by atoms with Gasteiger partial charge in [0.1, 0.15) is 0 Å². The molecule has 152 valence electrons. The van der Waals surface area contributed by atoms with Crippen molar-refractivity contribution in [2.45, 2.75) is 19.9 Å². The standard InChI is InChI=1S/C18H28N4O3S.HI/c1-2-19-18(21-9-7-16-5-3-4-6-17(16)15-21)20-8-14-26(23,24)22-10-12-25-13-11-22;/h3-6H,2,7-15H2,1H3,(H,19,20);1H. The summed E-state index contributed by atoms with van der Waals surface area (Å²) in [6, 6.07) is 8.45. The summed E-state index contributed by atoms with van der Waals surface area (Å²) in [7, 11) is -3.27. The first-order chi connectivity index (χ1) is 12.6. The Bertz CT molecular complexity index is 736. The van der Waals surface area contributed by atoms with E-state index in [0.717, 1.165) is 32.0 Å². The lowest BCUT2D eigenvalue weighted by molar-refractivity contribution is 0.0731. The average Bonchev–Trinajstić information content (AvgIpc) is 2.67. The van der Waals surface area contributed by atoms with Crippen molar-refractivity contribution >= 4 is 40.0 Å². The van der Waals surface area contributed by atoms with E-state index in [2.05, 4.69) is 39.5 Å². The summed E-state index contributed by atoms with van der Waals surface area (Å²) in [5.41, 5.74) is 2.69. The lowest BCUT2D eigenvalue weighted by Crippen LogP contribution is -2.45. The Balaban J connectivity index is 0.00000261. The number of ether oxygens (including phenoxy) is 1. The van der Waals surface area contributed by atoms with Crippen LogP contribution >= 0.6 is 24.0 Å². The average molecular weight is 508 g/mol. The van der Waals surface area contributed by atoms with Crippen LogP contribution in [0.25, 0.3) is 0 Å². The van der Waals surface area contributed by atoms with Crippen LogP contribution in [0.3, 0.4) is 0 Å². The summed E-state index contributed by atoms with van der Waals surface area (Å²) in [4.78, 5) is 6.79. The van der Waals surface area contributed by atoms with Crippen molar-refractivity contribution in [1.82, 2.24) is 14.5 Å². The largest absolute Gasteiger partial charge is 0.379 e. The van der Waals surface area contributed by atoms with E-state index in [4.69, 9.17) is 4.74 Å². The minimum absolute atomic E-state index is 0. The Kier molecular flexibility index (Phi) is 8.77. The molecule has 7 nitrogen and oxygen atoms in total. The maximum Gasteiger partial charge on any atom is 0.216 e. The number of hydrogen-bond donors (Lipinski definition) is 1. The van der Waals surface area contributed by atoms with Crippen LogP contribution in [0.5, 0.6) is 0 Å². The Morgan fingerprint density at radius 1 is 1.19 bits per heavy atom. The van der Waals surface area contributed by atoms with E-state index in [1.165, 1.54) is 15.4 Å². The summed E-state index contributed by atoms with van der Waals surface area (Å²) < 4.78 is 31.6. The van der Waals surface area contributed by atoms with E-state index in [-0.39, 0.29) is 36.3 Å². The molecular weight excluding hydrogens is 479 g/mol. The van der Waals surface area contributed by atoms with Gasteiger partial charge in [-0.1, -0.05) is 24.3 Å². The number of hydrogen-bond acceptors (Lipinski definition) is 4. The number of morpholine rings is 1. The molecule has 0 spiro atoms. The van der Waals surface area contributed by atoms with Crippen LogP contribution in [0, 0.1) is 0 Å². The van der Waals surface area contributed by atoms with Crippen molar-refractivity contribution in [2.75, 3.05) is 51.7 Å². The maximum absolute atomic E-state index is 12.4. The molecule has 3 rings (SSSR count). The van der Waals surface area contributed by atoms with Crippen LogP contribution in [0.1, 0.15) is 18.1 Å². The smallest absolute Gasteiger partial charge is 0.216 e. The second kappa shape index (κ2) is 10.6. The number of fused-ring (bicyclic) bond motifs is 1. The zero-order chi connectivity index (χ0) is 18.4. The van der Waals surface area contributed by atoms with Gasteiger partial charge in [-0.2, -0.15) is 4.31 Å². The quantitative estimate of drug-likeness (QED) is 0.369. The Hall–Kier alpha value is -0.910. The molecule has 1 fully saturated rings. The van der Waals surface area contributed by atoms with Crippen LogP contribution in [0.15, 0.2) is 29.3 Å². The lowest BCUT2D eigenvalue weighted by Gasteiger charge is -2.31. The first-order valence-electron chi connectivity index (χ1n) is 9.26. The molecule has 0 saturated carbocycles. The van der Waals surface area contributed by atoms with Crippen LogP contribution < -0.4 is 5.32 Å². The van der Waals surface area contributed by atoms with E-state index < -0.39 is 10.0 Å². The molecule has 1 aromatic carbocycles. The number of halogens is 1. The van der Waals surface area contributed by atoms with Crippen molar-refractivity contribution < 1.29 is 13.2 Å². The molecule has 1 aromatic rings. The van der Waals surface area contributed by atoms with E-state index >= 15 is 0 Å². The van der Waals surface area contributed by atoms with Crippen LogP contribution in [0.4, 0.5) is 0 Å². The zero-order valence-electron chi connectivity index (χ0n) is 15.8. The molecule has 0 atom stereocenters. The summed E-state index contributed by atoms with van der Waals surface area (Å²) >= 11 is 0. The van der Waals surface area contributed by atoms with Gasteiger partial charge in [0.05, 0.1) is 25.5 Å². The summed E-state index contributed by atoms with van der Waals surface area (Å²) in [5.74, 6) is 0.825. The number of guanidine groups is 1. The molecule has 0 bridgehead atoms. The highest BCUT2D eigenvalue weighted by Gasteiger charge is 2.24. The van der Waals surface area contributed by atoms with E-state index in [9.17, 15) is 8.42 Å². The monoisotopic (exact) mass is 508 g/mol. The fourth-order valence-electron chi connectivity index (χ4n) is 3.32. The third kappa shape index (κ3) is 6.03. The molecular formula is C18H29IN4O3S. The predicted octanol–water partition coefficient (Wildman–Crippen LogP) is 1.29. The van der Waals surface area contributed by atoms with Gasteiger partial charge >= 0.3 is 0 Å². The van der Waals surface area contributed by atoms with Gasteiger partial charge in [0.25, 0.3) is 0 Å². The molecule has 9 heteroatoms. The Morgan fingerprint density at radius 2 is 1.89 bits per heavy atom. The summed E-state index contributed by atoms with van der Waals surface area (Å²) in [6.07, 6.45) is 0.979. The summed E-state index contributed by atoms with van der Waals surface area (Å²) in [5, 5.41) is 3.30. The van der Waals surface area contributed by atoms with Gasteiger partial charge < -0.3 is 15.0 Å². The number of rotatable bonds is 5. The Labute approximate surface area is 179 Å². The minimum atomic E-state index is -3.27. The van der Waals surface area contributed by atoms with Crippen molar-refractivity contribution in [3.63, 3.8) is 0 Å². The van der Waals surface area contributed by atoms with Crippen molar-refractivity contribution in [3.05, 3.63) is 35.4 Å². The minimum Gasteiger partial charge on any atom is -0.379 e. The van der Waals surface area contributed by atoms with E-state index in [1.54, 1.807) is 0 Å². The van der Waals surface area contributed by atoms with Gasteiger partial charge in [-0.15, -0.1) is 24.0 Å². The SMILES string of the molecule is CCNC(=NCCS(=O)(=O)N1CCOCC1)N1CCc2ccccc2C1.I. The first kappa shape index (κ1) is 22.4. The Morgan fingerprint density at radius 3 is 2.59 bits per heavy atom. The van der Waals surface area contributed by atoms with E-state index in [1.807, 2.05) is 6.92 Å². The highest BCUT2D eigenvalue weighted by Crippen LogP contribution is 2.18. The molecule has 0 radical (unpaired) electrons. The predicted molar refractivity (Wildman–Crippen MR) is 118 cm³/mol. The molecule has 2 aliphatic rings. The first-order valence-corrected chi connectivity index (χ1v) is 10.9. The van der Waals surface area contributed by atoms with E-state index in [0.29, 0.717) is 26.3 Å². The molecule has 2 heterocycles. The topological polar surface area (TPSA) is 74.2 Å². The second-order valence-electron chi connectivity index (χ2n) is 6.50. The normalized spacial score (nSPS) is 18.6. The van der Waals surface area contributed by atoms with Crippen molar-refractivity contribution in [2.24, 2.45) is 4.99 Å². The number of aliphatic imine (C=N–C) groups is 1. The number of sulfonamides is 1. The van der Waals surface area contributed by atoms with Gasteiger partial charge in [-0.05, 0) is 24.5 Å². The van der Waals surface area contributed by atoms with Gasteiger partial charge in [0.2, 0.25) is 10.0 Å². The molecule has 2 aliphatic heterocycles. The number of benzene rings is 1. The third-order valence-corrected chi connectivity index (χ3v) is 6.59. The summed E-state index contributed by atoms with van der Waals surface area (Å²) in [6.45, 7) is 6.56. The van der Waals surface area contributed by atoms with Crippen LogP contribution in [-0.4, -0.2) is 75.3 Å². The molecule has 27 heavy (non-hydrogen) atoms. The molecule has 0 unspecified atom stereocenters. The molecule has 0 aromatic heterocycles. The fourth-order valence-corrected chi connectivity index (χ4v) is 4.61. The van der Waals surface area contributed by atoms with Gasteiger partial charge in [-0.3, -0.25) is 4.99 Å². The number of nitrogens with zero attached hydrogens (tertiary/aromatic N) is 3. The third-order valence-electron chi connectivity index (χ3n) is 4.74. The van der Waals surface area contributed by atoms with Gasteiger partial charge in [0, 0.05) is 32.7 Å². The highest BCUT2D eigenvalue weighted by atomic mass is 127. The molecule has 0 amide bonds. The van der Waals surface area contributed by atoms with Crippen LogP contribution in [0.2, 0.25) is 0 Å². The second-order valence-corrected chi connectivity index (χ2v) is 8.59. The zero-order valence-corrected chi connectivity index (χ0v) is 18.9. The number of nitrogens with one attached hydrogen (secondary N) is 1. The molecule has 0 aliphatic carbocycles. The molecule has 1 N–H and O–H groups in total. The lowest BCUT2D eigenvalue weighted by atomic mass is 10.0. The highest BCUT2D eigenvalue weighted by molar-refractivity contribution is 14.0. The fraction of sp³-hybridized carbons (Fsp3) is 0.611. The van der Waals surface area contributed by atoms with Gasteiger partial charge in [-0.25, -0.2) is 8.42 Å².